The van der Waals surface area contributed by atoms with Crippen LogP contribution < -0.4 is 9.62 Å². The Balaban J connectivity index is 1.76. The number of aryl methyl sites for hydroxylation is 1. The Hall–Kier alpha value is -2.69. The summed E-state index contributed by atoms with van der Waals surface area (Å²) in [6, 6.07) is 17.5. The maximum atomic E-state index is 13.3. The average molecular weight is 557 g/mol. The maximum absolute atomic E-state index is 13.3. The largest absolute Gasteiger partial charge is 0.416 e. The van der Waals surface area contributed by atoms with Crippen LogP contribution in [0.1, 0.15) is 16.7 Å². The number of carbonyl (C=O) groups is 1. The molecule has 3 aromatic carbocycles. The zero-order valence-corrected chi connectivity index (χ0v) is 21.6. The van der Waals surface area contributed by atoms with Gasteiger partial charge in [0.2, 0.25) is 5.91 Å². The van der Waals surface area contributed by atoms with E-state index in [1.165, 1.54) is 24.3 Å². The van der Waals surface area contributed by atoms with Gasteiger partial charge >= 0.3 is 6.18 Å². The Kier molecular flexibility index (Phi) is 9.32. The van der Waals surface area contributed by atoms with Gasteiger partial charge in [-0.15, -0.1) is 0 Å². The van der Waals surface area contributed by atoms with Crippen LogP contribution in [-0.2, 0) is 26.7 Å². The minimum atomic E-state index is -4.72. The molecule has 192 valence electrons. The predicted octanol–water partition coefficient (Wildman–Crippen LogP) is 5.91. The van der Waals surface area contributed by atoms with Crippen LogP contribution in [0.25, 0.3) is 0 Å². The highest BCUT2D eigenvalue weighted by atomic mass is 35.5. The molecule has 3 aromatic rings. The second-order valence-electron chi connectivity index (χ2n) is 7.88. The van der Waals surface area contributed by atoms with E-state index in [0.29, 0.717) is 16.1 Å². The van der Waals surface area contributed by atoms with Crippen molar-refractivity contribution in [2.24, 2.45) is 0 Å². The highest BCUT2D eigenvalue weighted by Gasteiger charge is 2.34. The lowest BCUT2D eigenvalue weighted by Crippen LogP contribution is -2.41. The van der Waals surface area contributed by atoms with Gasteiger partial charge in [0, 0.05) is 18.1 Å². The van der Waals surface area contributed by atoms with Crippen LogP contribution in [0, 0.1) is 6.92 Å². The van der Waals surface area contributed by atoms with Gasteiger partial charge < -0.3 is 5.32 Å². The van der Waals surface area contributed by atoms with Gasteiger partial charge in [-0.3, -0.25) is 9.10 Å². The summed E-state index contributed by atoms with van der Waals surface area (Å²) in [5.74, 6) is 0.639. The number of anilines is 1. The molecule has 0 saturated carbocycles. The number of nitrogens with one attached hydrogen (secondary N) is 1. The molecule has 0 atom stereocenters. The first-order valence-corrected chi connectivity index (χ1v) is 13.8. The van der Waals surface area contributed by atoms with Gasteiger partial charge in [0.1, 0.15) is 6.54 Å². The average Bonchev–Trinajstić information content (AvgIpc) is 2.82. The third kappa shape index (κ3) is 7.41. The van der Waals surface area contributed by atoms with E-state index in [4.69, 9.17) is 11.6 Å². The molecule has 0 heterocycles. The number of alkyl halides is 3. The van der Waals surface area contributed by atoms with E-state index in [0.717, 1.165) is 29.0 Å². The number of hydrogen-bond acceptors (Lipinski definition) is 4. The fourth-order valence-corrected chi connectivity index (χ4v) is 5.87. The summed E-state index contributed by atoms with van der Waals surface area (Å²) < 4.78 is 67.3. The summed E-state index contributed by atoms with van der Waals surface area (Å²) in [6.07, 6.45) is -4.72. The number of amides is 1. The normalized spacial score (nSPS) is 11.8. The summed E-state index contributed by atoms with van der Waals surface area (Å²) in [7, 11) is -4.39. The summed E-state index contributed by atoms with van der Waals surface area (Å²) in [4.78, 5) is 12.5. The van der Waals surface area contributed by atoms with E-state index in [9.17, 15) is 26.4 Å². The molecule has 1 amide bonds. The minimum absolute atomic E-state index is 0.181. The van der Waals surface area contributed by atoms with Crippen molar-refractivity contribution in [2.45, 2.75) is 23.7 Å². The van der Waals surface area contributed by atoms with Crippen LogP contribution in [-0.4, -0.2) is 33.2 Å². The second-order valence-corrected chi connectivity index (χ2v) is 11.3. The van der Waals surface area contributed by atoms with Gasteiger partial charge in [-0.05, 0) is 42.8 Å². The van der Waals surface area contributed by atoms with Gasteiger partial charge in [0.25, 0.3) is 10.0 Å². The molecule has 0 spiro atoms. The topological polar surface area (TPSA) is 66.5 Å². The summed E-state index contributed by atoms with van der Waals surface area (Å²) in [5, 5.41) is 2.40. The van der Waals surface area contributed by atoms with Crippen LogP contribution in [0.4, 0.5) is 18.9 Å². The monoisotopic (exact) mass is 556 g/mol. The summed E-state index contributed by atoms with van der Waals surface area (Å²) >= 11 is 7.71. The summed E-state index contributed by atoms with van der Waals surface area (Å²) in [5.41, 5.74) is 0.780. The molecule has 0 unspecified atom stereocenters. The molecule has 0 fully saturated rings. The van der Waals surface area contributed by atoms with Crippen LogP contribution in [0.2, 0.25) is 5.02 Å². The lowest BCUT2D eigenvalue weighted by Gasteiger charge is -2.25. The van der Waals surface area contributed by atoms with Crippen molar-refractivity contribution in [2.75, 3.05) is 23.1 Å². The Bertz CT molecular complexity index is 1300. The predicted molar refractivity (Wildman–Crippen MR) is 138 cm³/mol. The molecule has 0 radical (unpaired) electrons. The molecule has 0 aliphatic heterocycles. The first kappa shape index (κ1) is 27.9. The number of benzene rings is 3. The van der Waals surface area contributed by atoms with Gasteiger partial charge in [-0.25, -0.2) is 8.42 Å². The Labute approximate surface area is 217 Å². The molecule has 0 aliphatic rings. The van der Waals surface area contributed by atoms with Crippen molar-refractivity contribution in [1.82, 2.24) is 5.32 Å². The molecule has 0 aliphatic carbocycles. The Morgan fingerprint density at radius 3 is 2.42 bits per heavy atom. The number of rotatable bonds is 10. The standard InChI is InChI=1S/C25H24ClF3N2O3S2/c1-18-6-5-7-19(14-18)17-35-13-12-30-24(32)16-31(36(33,34)21-8-3-2-4-9-21)23-15-20(25(27,28)29)10-11-22(23)26/h2-11,14-15H,12-13,16-17H2,1H3,(H,30,32). The second kappa shape index (κ2) is 12.0. The first-order chi connectivity index (χ1) is 17.0. The van der Waals surface area contributed by atoms with E-state index in [2.05, 4.69) is 11.4 Å². The van der Waals surface area contributed by atoms with Crippen molar-refractivity contribution in [3.63, 3.8) is 0 Å². The number of sulfonamides is 1. The summed E-state index contributed by atoms with van der Waals surface area (Å²) in [6.45, 7) is 1.52. The fourth-order valence-electron chi connectivity index (χ4n) is 3.34. The molecule has 1 N–H and O–H groups in total. The van der Waals surface area contributed by atoms with Crippen molar-refractivity contribution >= 4 is 45.0 Å². The van der Waals surface area contributed by atoms with E-state index in [1.807, 2.05) is 25.1 Å². The Morgan fingerprint density at radius 2 is 1.75 bits per heavy atom. The van der Waals surface area contributed by atoms with Gasteiger partial charge in [-0.2, -0.15) is 24.9 Å². The minimum Gasteiger partial charge on any atom is -0.354 e. The molecule has 0 saturated heterocycles. The van der Waals surface area contributed by atoms with Gasteiger partial charge in [0.05, 0.1) is 21.2 Å². The van der Waals surface area contributed by atoms with Crippen molar-refractivity contribution in [3.05, 3.63) is 94.5 Å². The van der Waals surface area contributed by atoms with E-state index >= 15 is 0 Å². The quantitative estimate of drug-likeness (QED) is 0.315. The van der Waals surface area contributed by atoms with Gasteiger partial charge in [0.15, 0.2) is 0 Å². The molecule has 11 heteroatoms. The lowest BCUT2D eigenvalue weighted by molar-refractivity contribution is -0.137. The zero-order chi connectivity index (χ0) is 26.3. The van der Waals surface area contributed by atoms with Crippen molar-refractivity contribution in [1.29, 1.82) is 0 Å². The van der Waals surface area contributed by atoms with Crippen molar-refractivity contribution < 1.29 is 26.4 Å². The van der Waals surface area contributed by atoms with E-state index in [-0.39, 0.29) is 16.5 Å². The number of hydrogen-bond donors (Lipinski definition) is 1. The SMILES string of the molecule is Cc1cccc(CSCCNC(=O)CN(c2cc(C(F)(F)F)ccc2Cl)S(=O)(=O)c2ccccc2)c1. The number of nitrogens with zero attached hydrogens (tertiary/aromatic N) is 1. The third-order valence-electron chi connectivity index (χ3n) is 5.08. The fraction of sp³-hybridized carbons (Fsp3) is 0.240. The van der Waals surface area contributed by atoms with E-state index < -0.39 is 39.9 Å². The number of halogens is 4. The maximum Gasteiger partial charge on any atom is 0.416 e. The number of thioether (sulfide) groups is 1. The van der Waals surface area contributed by atoms with Crippen LogP contribution in [0.5, 0.6) is 0 Å². The third-order valence-corrected chi connectivity index (χ3v) is 8.20. The smallest absolute Gasteiger partial charge is 0.354 e. The molecular weight excluding hydrogens is 533 g/mol. The van der Waals surface area contributed by atoms with Crippen molar-refractivity contribution in [3.8, 4) is 0 Å². The molecule has 3 rings (SSSR count). The van der Waals surface area contributed by atoms with E-state index in [1.54, 1.807) is 17.8 Å². The molecular formula is C25H24ClF3N2O3S2. The first-order valence-electron chi connectivity index (χ1n) is 10.8. The highest BCUT2D eigenvalue weighted by Crippen LogP contribution is 2.37. The zero-order valence-electron chi connectivity index (χ0n) is 19.3. The van der Waals surface area contributed by atoms with Crippen LogP contribution in [0.3, 0.4) is 0 Å². The van der Waals surface area contributed by atoms with Crippen LogP contribution >= 0.6 is 23.4 Å². The lowest BCUT2D eigenvalue weighted by atomic mass is 10.2. The molecule has 36 heavy (non-hydrogen) atoms. The highest BCUT2D eigenvalue weighted by molar-refractivity contribution is 7.98. The Morgan fingerprint density at radius 1 is 1.03 bits per heavy atom. The molecule has 5 nitrogen and oxygen atoms in total. The van der Waals surface area contributed by atoms with Gasteiger partial charge in [-0.1, -0.05) is 59.6 Å². The number of carbonyl (C=O) groups excluding carboxylic acids is 1. The van der Waals surface area contributed by atoms with Crippen LogP contribution in [0.15, 0.2) is 77.7 Å². The molecule has 0 bridgehead atoms. The molecule has 0 aromatic heterocycles.